The first-order chi connectivity index (χ1) is 5.86. The smallest absolute Gasteiger partial charge is 0.130 e. The SMILES string of the molecule is Cn1ccnc1Cn1cccn1. The Labute approximate surface area is 70.5 Å². The molecule has 2 aromatic heterocycles. The van der Waals surface area contributed by atoms with Gasteiger partial charge in [-0.3, -0.25) is 4.68 Å². The van der Waals surface area contributed by atoms with Crippen molar-refractivity contribution in [1.29, 1.82) is 0 Å². The van der Waals surface area contributed by atoms with E-state index in [4.69, 9.17) is 0 Å². The number of aromatic nitrogens is 4. The number of hydrogen-bond acceptors (Lipinski definition) is 2. The minimum atomic E-state index is 0.733. The van der Waals surface area contributed by atoms with Crippen LogP contribution >= 0.6 is 0 Å². The van der Waals surface area contributed by atoms with Gasteiger partial charge in [0, 0.05) is 31.8 Å². The van der Waals surface area contributed by atoms with Crippen molar-refractivity contribution in [3.05, 3.63) is 36.7 Å². The van der Waals surface area contributed by atoms with E-state index in [9.17, 15) is 0 Å². The predicted molar refractivity (Wildman–Crippen MR) is 44.5 cm³/mol. The van der Waals surface area contributed by atoms with Gasteiger partial charge in [0.25, 0.3) is 0 Å². The fourth-order valence-electron chi connectivity index (χ4n) is 1.09. The molecule has 0 aliphatic rings. The van der Waals surface area contributed by atoms with E-state index in [0.717, 1.165) is 12.4 Å². The highest BCUT2D eigenvalue weighted by molar-refractivity contribution is 4.92. The van der Waals surface area contributed by atoms with Gasteiger partial charge < -0.3 is 4.57 Å². The molecule has 0 atom stereocenters. The standard InChI is InChI=1S/C8H10N4/c1-11-6-4-9-8(11)7-12-5-2-3-10-12/h2-6H,7H2,1H3. The summed E-state index contributed by atoms with van der Waals surface area (Å²) < 4.78 is 3.84. The van der Waals surface area contributed by atoms with Crippen LogP contribution in [0.15, 0.2) is 30.9 Å². The molecule has 0 unspecified atom stereocenters. The van der Waals surface area contributed by atoms with Gasteiger partial charge in [-0.15, -0.1) is 0 Å². The maximum absolute atomic E-state index is 4.19. The average Bonchev–Trinajstić information content (AvgIpc) is 2.65. The number of imidazole rings is 1. The van der Waals surface area contributed by atoms with E-state index >= 15 is 0 Å². The Hall–Kier alpha value is -1.58. The van der Waals surface area contributed by atoms with Gasteiger partial charge >= 0.3 is 0 Å². The fourth-order valence-corrected chi connectivity index (χ4v) is 1.09. The van der Waals surface area contributed by atoms with Gasteiger partial charge in [0.05, 0.1) is 6.54 Å². The van der Waals surface area contributed by atoms with Crippen molar-refractivity contribution in [2.45, 2.75) is 6.54 Å². The van der Waals surface area contributed by atoms with Gasteiger partial charge in [-0.05, 0) is 6.07 Å². The summed E-state index contributed by atoms with van der Waals surface area (Å²) in [7, 11) is 1.98. The van der Waals surface area contributed by atoms with Crippen LogP contribution in [-0.2, 0) is 13.6 Å². The maximum Gasteiger partial charge on any atom is 0.130 e. The lowest BCUT2D eigenvalue weighted by molar-refractivity contribution is 0.632. The Morgan fingerprint density at radius 1 is 1.33 bits per heavy atom. The lowest BCUT2D eigenvalue weighted by atomic mass is 10.6. The van der Waals surface area contributed by atoms with Crippen LogP contribution in [0.1, 0.15) is 5.82 Å². The van der Waals surface area contributed by atoms with E-state index < -0.39 is 0 Å². The van der Waals surface area contributed by atoms with Gasteiger partial charge in [0.1, 0.15) is 5.82 Å². The second-order valence-electron chi connectivity index (χ2n) is 2.66. The normalized spacial score (nSPS) is 10.4. The van der Waals surface area contributed by atoms with Gasteiger partial charge in [-0.1, -0.05) is 0 Å². The van der Waals surface area contributed by atoms with Gasteiger partial charge in [-0.25, -0.2) is 4.98 Å². The van der Waals surface area contributed by atoms with Crippen LogP contribution in [-0.4, -0.2) is 19.3 Å². The first-order valence-electron chi connectivity index (χ1n) is 3.80. The third-order valence-corrected chi connectivity index (χ3v) is 1.78. The van der Waals surface area contributed by atoms with Gasteiger partial charge in [0.2, 0.25) is 0 Å². The molecule has 0 radical (unpaired) electrons. The summed E-state index contributed by atoms with van der Waals surface area (Å²) in [6, 6.07) is 1.91. The van der Waals surface area contributed by atoms with Crippen LogP contribution in [0.2, 0.25) is 0 Å². The number of nitrogens with zero attached hydrogens (tertiary/aromatic N) is 4. The predicted octanol–water partition coefficient (Wildman–Crippen LogP) is 0.665. The Bertz CT molecular complexity index is 347. The minimum absolute atomic E-state index is 0.733. The number of hydrogen-bond donors (Lipinski definition) is 0. The molecule has 2 aromatic rings. The highest BCUT2D eigenvalue weighted by Gasteiger charge is 1.98. The van der Waals surface area contributed by atoms with E-state index in [0.29, 0.717) is 0 Å². The van der Waals surface area contributed by atoms with E-state index in [1.54, 1.807) is 12.4 Å². The molecule has 2 rings (SSSR count). The van der Waals surface area contributed by atoms with Crippen LogP contribution < -0.4 is 0 Å². The number of aryl methyl sites for hydroxylation is 1. The van der Waals surface area contributed by atoms with Crippen molar-refractivity contribution in [2.75, 3.05) is 0 Å². The summed E-state index contributed by atoms with van der Waals surface area (Å²) in [6.45, 7) is 0.733. The Morgan fingerprint density at radius 3 is 2.83 bits per heavy atom. The van der Waals surface area contributed by atoms with Crippen molar-refractivity contribution in [1.82, 2.24) is 19.3 Å². The maximum atomic E-state index is 4.19. The molecule has 0 bridgehead atoms. The molecule has 12 heavy (non-hydrogen) atoms. The van der Waals surface area contributed by atoms with E-state index in [2.05, 4.69) is 10.1 Å². The quantitative estimate of drug-likeness (QED) is 0.650. The lowest BCUT2D eigenvalue weighted by Gasteiger charge is -2.00. The van der Waals surface area contributed by atoms with Crippen molar-refractivity contribution >= 4 is 0 Å². The summed E-state index contributed by atoms with van der Waals surface area (Å²) in [5.41, 5.74) is 0. The molecular formula is C8H10N4. The molecule has 0 amide bonds. The second kappa shape index (κ2) is 2.81. The third-order valence-electron chi connectivity index (χ3n) is 1.78. The highest BCUT2D eigenvalue weighted by Crippen LogP contribution is 1.96. The molecule has 62 valence electrons. The summed E-state index contributed by atoms with van der Waals surface area (Å²) in [6.07, 6.45) is 7.41. The van der Waals surface area contributed by atoms with Gasteiger partial charge in [-0.2, -0.15) is 5.10 Å². The first-order valence-corrected chi connectivity index (χ1v) is 3.80. The van der Waals surface area contributed by atoms with E-state index in [-0.39, 0.29) is 0 Å². The molecule has 0 aromatic carbocycles. The zero-order chi connectivity index (χ0) is 8.39. The molecule has 0 N–H and O–H groups in total. The Kier molecular flexibility index (Phi) is 1.66. The monoisotopic (exact) mass is 162 g/mol. The lowest BCUT2D eigenvalue weighted by Crippen LogP contribution is -2.05. The molecule has 4 nitrogen and oxygen atoms in total. The zero-order valence-corrected chi connectivity index (χ0v) is 6.88. The number of rotatable bonds is 2. The molecule has 0 saturated carbocycles. The fraction of sp³-hybridized carbons (Fsp3) is 0.250. The molecule has 0 saturated heterocycles. The van der Waals surface area contributed by atoms with Crippen LogP contribution in [0.4, 0.5) is 0 Å². The van der Waals surface area contributed by atoms with Gasteiger partial charge in [0.15, 0.2) is 0 Å². The summed E-state index contributed by atoms with van der Waals surface area (Å²) >= 11 is 0. The summed E-state index contributed by atoms with van der Waals surface area (Å²) in [5, 5.41) is 4.10. The molecule has 0 aliphatic carbocycles. The van der Waals surface area contributed by atoms with Crippen LogP contribution in [0, 0.1) is 0 Å². The van der Waals surface area contributed by atoms with Crippen LogP contribution in [0.25, 0.3) is 0 Å². The largest absolute Gasteiger partial charge is 0.336 e. The van der Waals surface area contributed by atoms with Crippen molar-refractivity contribution < 1.29 is 0 Å². The van der Waals surface area contributed by atoms with Crippen molar-refractivity contribution in [2.24, 2.45) is 7.05 Å². The van der Waals surface area contributed by atoms with Crippen molar-refractivity contribution in [3.8, 4) is 0 Å². The first kappa shape index (κ1) is 7.09. The summed E-state index contributed by atoms with van der Waals surface area (Å²) in [5.74, 6) is 1.01. The molecule has 0 fully saturated rings. The van der Waals surface area contributed by atoms with Crippen molar-refractivity contribution in [3.63, 3.8) is 0 Å². The van der Waals surface area contributed by atoms with Crippen LogP contribution in [0.5, 0.6) is 0 Å². The zero-order valence-electron chi connectivity index (χ0n) is 6.88. The topological polar surface area (TPSA) is 35.6 Å². The third kappa shape index (κ3) is 1.23. The second-order valence-corrected chi connectivity index (χ2v) is 2.66. The molecular weight excluding hydrogens is 152 g/mol. The molecule has 0 aliphatic heterocycles. The molecule has 4 heteroatoms. The van der Waals surface area contributed by atoms with Crippen LogP contribution in [0.3, 0.4) is 0 Å². The minimum Gasteiger partial charge on any atom is -0.336 e. The van der Waals surface area contributed by atoms with E-state index in [1.807, 2.05) is 34.8 Å². The Morgan fingerprint density at radius 2 is 2.25 bits per heavy atom. The highest BCUT2D eigenvalue weighted by atomic mass is 15.3. The molecule has 2 heterocycles. The van der Waals surface area contributed by atoms with E-state index in [1.165, 1.54) is 0 Å². The molecule has 0 spiro atoms. The Balaban J connectivity index is 2.20. The average molecular weight is 162 g/mol. The summed E-state index contributed by atoms with van der Waals surface area (Å²) in [4.78, 5) is 4.19.